The van der Waals surface area contributed by atoms with Crippen molar-refractivity contribution in [2.75, 3.05) is 5.32 Å². The van der Waals surface area contributed by atoms with Crippen molar-refractivity contribution in [3.63, 3.8) is 0 Å². The van der Waals surface area contributed by atoms with Crippen molar-refractivity contribution in [1.82, 2.24) is 15.2 Å². The predicted molar refractivity (Wildman–Crippen MR) is 76.5 cm³/mol. The molecule has 0 aliphatic heterocycles. The summed E-state index contributed by atoms with van der Waals surface area (Å²) in [6, 6.07) is 12.1. The Morgan fingerprint density at radius 2 is 1.68 bits per heavy atom. The van der Waals surface area contributed by atoms with E-state index in [9.17, 15) is 13.2 Å². The molecule has 112 valence electrons. The van der Waals surface area contributed by atoms with E-state index < -0.39 is 11.7 Å². The smallest absolute Gasteiger partial charge is 0.355 e. The quantitative estimate of drug-likeness (QED) is 0.761. The van der Waals surface area contributed by atoms with E-state index in [4.69, 9.17) is 0 Å². The Balaban J connectivity index is 1.88. The summed E-state index contributed by atoms with van der Waals surface area (Å²) in [4.78, 5) is 4.08. The highest BCUT2D eigenvalue weighted by molar-refractivity contribution is 5.77. The van der Waals surface area contributed by atoms with Gasteiger partial charge in [-0.15, -0.1) is 0 Å². The molecule has 0 aliphatic rings. The lowest BCUT2D eigenvalue weighted by molar-refractivity contribution is -0.137. The Hall–Kier alpha value is -2.83. The minimum atomic E-state index is -4.34. The van der Waals surface area contributed by atoms with E-state index in [2.05, 4.69) is 20.5 Å². The Morgan fingerprint density at radius 3 is 2.32 bits per heavy atom. The van der Waals surface area contributed by atoms with Gasteiger partial charge >= 0.3 is 6.18 Å². The number of hydrogen-bond donors (Lipinski definition) is 2. The fraction of sp³-hybridized carbons (Fsp3) is 0.0667. The minimum Gasteiger partial charge on any atom is -0.355 e. The van der Waals surface area contributed by atoms with Crippen LogP contribution in [0.3, 0.4) is 0 Å². The third-order valence-electron chi connectivity index (χ3n) is 3.07. The molecule has 0 unspecified atom stereocenters. The second-order valence-corrected chi connectivity index (χ2v) is 4.57. The zero-order chi connectivity index (χ0) is 15.6. The van der Waals surface area contributed by atoms with Crippen LogP contribution in [0.4, 0.5) is 24.5 Å². The first-order valence-electron chi connectivity index (χ1n) is 6.43. The highest BCUT2D eigenvalue weighted by atomic mass is 19.4. The molecule has 0 radical (unpaired) electrons. The van der Waals surface area contributed by atoms with Gasteiger partial charge in [0.05, 0.1) is 5.56 Å². The number of aromatic nitrogens is 3. The van der Waals surface area contributed by atoms with Crippen molar-refractivity contribution in [3.05, 3.63) is 60.4 Å². The number of nitrogens with zero attached hydrogens (tertiary/aromatic N) is 2. The molecule has 0 aliphatic carbocycles. The van der Waals surface area contributed by atoms with Crippen molar-refractivity contribution >= 4 is 11.4 Å². The number of alkyl halides is 3. The molecule has 0 spiro atoms. The summed E-state index contributed by atoms with van der Waals surface area (Å²) in [5, 5.41) is 9.72. The minimum absolute atomic E-state index is 0.509. The normalized spacial score (nSPS) is 11.4. The molecule has 0 saturated heterocycles. The maximum Gasteiger partial charge on any atom is 0.416 e. The second-order valence-electron chi connectivity index (χ2n) is 4.57. The number of halogens is 3. The van der Waals surface area contributed by atoms with Gasteiger partial charge in [0.15, 0.2) is 5.82 Å². The molecule has 0 bridgehead atoms. The van der Waals surface area contributed by atoms with Crippen molar-refractivity contribution < 1.29 is 13.2 Å². The Kier molecular flexibility index (Phi) is 3.54. The topological polar surface area (TPSA) is 53.6 Å². The maximum atomic E-state index is 12.6. The first kappa shape index (κ1) is 14.1. The fourth-order valence-electron chi connectivity index (χ4n) is 2.02. The van der Waals surface area contributed by atoms with Crippen molar-refractivity contribution in [1.29, 1.82) is 0 Å². The number of rotatable bonds is 3. The van der Waals surface area contributed by atoms with E-state index in [-0.39, 0.29) is 0 Å². The van der Waals surface area contributed by atoms with Gasteiger partial charge in [-0.1, -0.05) is 12.1 Å². The van der Waals surface area contributed by atoms with Gasteiger partial charge in [-0.05, 0) is 36.4 Å². The van der Waals surface area contributed by atoms with Gasteiger partial charge in [-0.2, -0.15) is 18.3 Å². The van der Waals surface area contributed by atoms with Crippen molar-refractivity contribution in [2.24, 2.45) is 0 Å². The van der Waals surface area contributed by atoms with Crippen LogP contribution in [0.5, 0.6) is 0 Å². The van der Waals surface area contributed by atoms with Crippen molar-refractivity contribution in [3.8, 4) is 11.4 Å². The highest BCUT2D eigenvalue weighted by Crippen LogP contribution is 2.31. The number of aromatic amines is 1. The molecule has 0 atom stereocenters. The number of para-hydroxylation sites is 1. The first-order valence-corrected chi connectivity index (χ1v) is 6.43. The van der Waals surface area contributed by atoms with E-state index in [1.165, 1.54) is 18.5 Å². The molecule has 7 heteroatoms. The third-order valence-corrected chi connectivity index (χ3v) is 3.07. The molecule has 3 aromatic rings. The van der Waals surface area contributed by atoms with Gasteiger partial charge in [-0.3, -0.25) is 5.10 Å². The van der Waals surface area contributed by atoms with E-state index >= 15 is 0 Å². The molecule has 3 rings (SSSR count). The molecule has 22 heavy (non-hydrogen) atoms. The van der Waals surface area contributed by atoms with Crippen LogP contribution in [-0.2, 0) is 6.18 Å². The molecular formula is C15H11F3N4. The summed E-state index contributed by atoms with van der Waals surface area (Å²) in [5.41, 5.74) is 1.33. The van der Waals surface area contributed by atoms with Crippen molar-refractivity contribution in [2.45, 2.75) is 6.18 Å². The fourth-order valence-corrected chi connectivity index (χ4v) is 2.02. The number of H-pyrrole nitrogens is 1. The largest absolute Gasteiger partial charge is 0.416 e. The van der Waals surface area contributed by atoms with E-state index in [1.807, 2.05) is 24.3 Å². The van der Waals surface area contributed by atoms with Crippen LogP contribution in [0.25, 0.3) is 11.4 Å². The summed E-state index contributed by atoms with van der Waals surface area (Å²) in [5.74, 6) is 0.509. The molecule has 4 nitrogen and oxygen atoms in total. The summed E-state index contributed by atoms with van der Waals surface area (Å²) >= 11 is 0. The third kappa shape index (κ3) is 2.93. The molecular weight excluding hydrogens is 293 g/mol. The zero-order valence-corrected chi connectivity index (χ0v) is 11.2. The van der Waals surface area contributed by atoms with Gasteiger partial charge in [0.25, 0.3) is 0 Å². The second kappa shape index (κ2) is 5.51. The monoisotopic (exact) mass is 304 g/mol. The maximum absolute atomic E-state index is 12.6. The Labute approximate surface area is 124 Å². The molecule has 1 aromatic heterocycles. The molecule has 0 amide bonds. The number of nitrogens with one attached hydrogen (secondary N) is 2. The summed E-state index contributed by atoms with van der Waals surface area (Å²) in [7, 11) is 0. The van der Waals surface area contributed by atoms with E-state index in [1.54, 1.807) is 0 Å². The lowest BCUT2D eigenvalue weighted by Gasteiger charge is -2.11. The number of hydrogen-bond acceptors (Lipinski definition) is 3. The van der Waals surface area contributed by atoms with E-state index in [0.717, 1.165) is 17.7 Å². The molecule has 1 heterocycles. The number of anilines is 2. The van der Waals surface area contributed by atoms with Crippen LogP contribution in [0.2, 0.25) is 0 Å². The molecule has 2 aromatic carbocycles. The predicted octanol–water partition coefficient (Wildman–Crippen LogP) is 4.23. The summed E-state index contributed by atoms with van der Waals surface area (Å²) in [6.07, 6.45) is -2.88. The van der Waals surface area contributed by atoms with Crippen LogP contribution < -0.4 is 5.32 Å². The Morgan fingerprint density at radius 1 is 0.955 bits per heavy atom. The molecule has 0 saturated carbocycles. The van der Waals surface area contributed by atoms with Crippen LogP contribution in [0, 0.1) is 0 Å². The van der Waals surface area contributed by atoms with Gasteiger partial charge in [0, 0.05) is 16.9 Å². The lowest BCUT2D eigenvalue weighted by atomic mass is 10.1. The van der Waals surface area contributed by atoms with Crippen LogP contribution in [0.15, 0.2) is 54.9 Å². The average Bonchev–Trinajstić information content (AvgIpc) is 3.01. The van der Waals surface area contributed by atoms with Crippen LogP contribution >= 0.6 is 0 Å². The Bertz CT molecular complexity index is 749. The zero-order valence-electron chi connectivity index (χ0n) is 11.2. The molecule has 2 N–H and O–H groups in total. The van der Waals surface area contributed by atoms with Gasteiger partial charge < -0.3 is 5.32 Å². The van der Waals surface area contributed by atoms with E-state index in [0.29, 0.717) is 17.2 Å². The van der Waals surface area contributed by atoms with Crippen LogP contribution in [0.1, 0.15) is 5.56 Å². The number of benzene rings is 2. The summed E-state index contributed by atoms with van der Waals surface area (Å²) in [6.45, 7) is 0. The average molecular weight is 304 g/mol. The summed E-state index contributed by atoms with van der Waals surface area (Å²) < 4.78 is 37.7. The standard InChI is InChI=1S/C15H11F3N4/c16-15(17,18)10-5-7-11(8-6-10)21-13-4-2-1-3-12(13)14-19-9-20-22-14/h1-9,21H,(H,19,20,22). The molecule has 0 fully saturated rings. The first-order chi connectivity index (χ1) is 10.5. The van der Waals surface area contributed by atoms with Gasteiger partial charge in [-0.25, -0.2) is 4.98 Å². The van der Waals surface area contributed by atoms with Gasteiger partial charge in [0.2, 0.25) is 0 Å². The van der Waals surface area contributed by atoms with Gasteiger partial charge in [0.1, 0.15) is 6.33 Å². The lowest BCUT2D eigenvalue weighted by Crippen LogP contribution is -2.04. The SMILES string of the molecule is FC(F)(F)c1ccc(Nc2ccccc2-c2nc[nH]n2)cc1. The van der Waals surface area contributed by atoms with Crippen LogP contribution in [-0.4, -0.2) is 15.2 Å². The highest BCUT2D eigenvalue weighted by Gasteiger charge is 2.29.